The zero-order valence-electron chi connectivity index (χ0n) is 15.7. The van der Waals surface area contributed by atoms with Crippen LogP contribution in [-0.4, -0.2) is 23.3 Å². The molecule has 1 atom stereocenters. The summed E-state index contributed by atoms with van der Waals surface area (Å²) in [4.78, 5) is 0. The van der Waals surface area contributed by atoms with Crippen molar-refractivity contribution in [3.05, 3.63) is 96.1 Å². The summed E-state index contributed by atoms with van der Waals surface area (Å²) in [5.41, 5.74) is 2.11. The summed E-state index contributed by atoms with van der Waals surface area (Å²) in [5, 5.41) is 24.3. The van der Waals surface area contributed by atoms with Gasteiger partial charge in [-0.05, 0) is 49.0 Å². The van der Waals surface area contributed by atoms with Gasteiger partial charge in [0, 0.05) is 11.5 Å². The van der Waals surface area contributed by atoms with Crippen LogP contribution in [0.15, 0.2) is 90.0 Å². The van der Waals surface area contributed by atoms with E-state index in [2.05, 4.69) is 59.7 Å². The molecule has 0 bridgehead atoms. The van der Waals surface area contributed by atoms with Gasteiger partial charge in [-0.3, -0.25) is 0 Å². The Bertz CT molecular complexity index is 1430. The summed E-state index contributed by atoms with van der Waals surface area (Å²) >= 11 is 0. The van der Waals surface area contributed by atoms with E-state index in [9.17, 15) is 5.11 Å². The number of hydrogen-bond acceptors (Lipinski definition) is 2. The highest BCUT2D eigenvalue weighted by molar-refractivity contribution is 6.25. The van der Waals surface area contributed by atoms with Crippen molar-refractivity contribution in [3.8, 4) is 0 Å². The summed E-state index contributed by atoms with van der Waals surface area (Å²) < 4.78 is 1.80. The average Bonchev–Trinajstić information content (AvgIpc) is 3.13. The highest BCUT2D eigenvalue weighted by Gasteiger charge is 2.26. The minimum Gasteiger partial charge on any atom is -0.857 e. The molecule has 3 nitrogen and oxygen atoms in total. The van der Waals surface area contributed by atoms with Crippen molar-refractivity contribution in [2.24, 2.45) is 5.10 Å². The first-order valence-electron chi connectivity index (χ1n) is 9.86. The van der Waals surface area contributed by atoms with Crippen LogP contribution in [-0.2, 0) is 0 Å². The maximum absolute atomic E-state index is 12.5. The van der Waals surface area contributed by atoms with E-state index in [1.165, 1.54) is 32.3 Å². The molecule has 0 unspecified atom stereocenters. The molecule has 0 spiro atoms. The lowest BCUT2D eigenvalue weighted by molar-refractivity contribution is -0.520. The van der Waals surface area contributed by atoms with Crippen LogP contribution in [0.4, 0.5) is 0 Å². The van der Waals surface area contributed by atoms with Crippen LogP contribution in [0.25, 0.3) is 32.3 Å². The first-order chi connectivity index (χ1) is 14.3. The largest absolute Gasteiger partial charge is 0.857 e. The second-order valence-corrected chi connectivity index (χ2v) is 7.67. The number of hydrazone groups is 1. The number of benzene rings is 5. The normalized spacial score (nSPS) is 18.3. The average molecular weight is 374 g/mol. The third-order valence-electron chi connectivity index (χ3n) is 5.92. The Hall–Kier alpha value is -3.72. The van der Waals surface area contributed by atoms with E-state index >= 15 is 0 Å². The van der Waals surface area contributed by atoms with Crippen LogP contribution >= 0.6 is 0 Å². The van der Waals surface area contributed by atoms with Crippen molar-refractivity contribution in [2.75, 3.05) is 6.54 Å². The molecule has 1 aliphatic rings. The fraction of sp³-hybridized carbons (Fsp3) is 0.0769. The molecule has 5 aromatic rings. The molecule has 5 aromatic carbocycles. The van der Waals surface area contributed by atoms with E-state index in [-0.39, 0.29) is 11.8 Å². The monoisotopic (exact) mass is 374 g/mol. The number of hydrogen-bond donors (Lipinski definition) is 0. The van der Waals surface area contributed by atoms with Gasteiger partial charge in [0.2, 0.25) is 6.21 Å². The predicted octanol–water partition coefficient (Wildman–Crippen LogP) is 4.49. The third kappa shape index (κ3) is 2.51. The van der Waals surface area contributed by atoms with Gasteiger partial charge < -0.3 is 5.11 Å². The second-order valence-electron chi connectivity index (χ2n) is 7.67. The third-order valence-corrected chi connectivity index (χ3v) is 5.92. The number of rotatable bonds is 2. The molecule has 0 aromatic heterocycles. The van der Waals surface area contributed by atoms with Gasteiger partial charge >= 0.3 is 0 Å². The zero-order chi connectivity index (χ0) is 19.4. The molecule has 29 heavy (non-hydrogen) atoms. The molecule has 6 rings (SSSR count). The van der Waals surface area contributed by atoms with Crippen molar-refractivity contribution < 1.29 is 9.79 Å². The Morgan fingerprint density at radius 2 is 1.52 bits per heavy atom. The van der Waals surface area contributed by atoms with Gasteiger partial charge in [-0.2, -0.15) is 0 Å². The molecule has 0 saturated heterocycles. The van der Waals surface area contributed by atoms with Crippen molar-refractivity contribution >= 4 is 44.4 Å². The van der Waals surface area contributed by atoms with E-state index in [1.807, 2.05) is 36.5 Å². The lowest BCUT2D eigenvalue weighted by Gasteiger charge is -2.12. The van der Waals surface area contributed by atoms with Crippen molar-refractivity contribution in [1.29, 1.82) is 0 Å². The van der Waals surface area contributed by atoms with Crippen LogP contribution in [0.3, 0.4) is 0 Å². The lowest BCUT2D eigenvalue weighted by Crippen LogP contribution is -2.24. The van der Waals surface area contributed by atoms with Gasteiger partial charge in [-0.1, -0.05) is 83.5 Å². The molecule has 0 aliphatic carbocycles. The predicted molar refractivity (Wildman–Crippen MR) is 117 cm³/mol. The maximum atomic E-state index is 12.5. The molecular formula is C26H18N2O. The SMILES string of the molecule is [O-]C1=N/[N+](=C\c2cc3cccc4ccc5cccc2c5c43)C[C@@H]1c1ccccc1. The van der Waals surface area contributed by atoms with Crippen molar-refractivity contribution in [1.82, 2.24) is 0 Å². The van der Waals surface area contributed by atoms with Crippen LogP contribution in [0.2, 0.25) is 0 Å². The maximum Gasteiger partial charge on any atom is 0.204 e. The first kappa shape index (κ1) is 16.3. The van der Waals surface area contributed by atoms with Gasteiger partial charge in [0.25, 0.3) is 0 Å². The van der Waals surface area contributed by atoms with E-state index in [0.717, 1.165) is 11.1 Å². The molecule has 138 valence electrons. The van der Waals surface area contributed by atoms with Gasteiger partial charge in [0.05, 0.1) is 5.92 Å². The second kappa shape index (κ2) is 6.14. The Morgan fingerprint density at radius 1 is 0.793 bits per heavy atom. The molecule has 0 fully saturated rings. The summed E-state index contributed by atoms with van der Waals surface area (Å²) in [6, 6.07) is 29.3. The van der Waals surface area contributed by atoms with Gasteiger partial charge in [-0.25, -0.2) is 0 Å². The van der Waals surface area contributed by atoms with E-state index in [4.69, 9.17) is 0 Å². The lowest BCUT2D eigenvalue weighted by atomic mass is 9.91. The molecule has 0 radical (unpaired) electrons. The molecule has 1 aliphatic heterocycles. The quantitative estimate of drug-likeness (QED) is 0.331. The summed E-state index contributed by atoms with van der Waals surface area (Å²) in [5.74, 6) is -0.285. The standard InChI is InChI=1S/C26H18N2O/c29-26-23(17-6-2-1-3-7-17)16-28(27-26)15-21-14-20-10-4-8-18-12-13-19-9-5-11-22(21)25(19)24(18)20/h1-15,23H,16H2/b28-15-/t23-/m1/s1. The molecule has 0 saturated carbocycles. The topological polar surface area (TPSA) is 38.4 Å². The Kier molecular flexibility index (Phi) is 3.44. The summed E-state index contributed by atoms with van der Waals surface area (Å²) in [7, 11) is 0. The van der Waals surface area contributed by atoms with Crippen LogP contribution < -0.4 is 5.11 Å². The van der Waals surface area contributed by atoms with Crippen LogP contribution in [0.5, 0.6) is 0 Å². The van der Waals surface area contributed by atoms with Crippen molar-refractivity contribution in [3.63, 3.8) is 0 Å². The fourth-order valence-corrected chi connectivity index (χ4v) is 4.57. The fourth-order valence-electron chi connectivity index (χ4n) is 4.57. The van der Waals surface area contributed by atoms with Gasteiger partial charge in [-0.15, -0.1) is 0 Å². The van der Waals surface area contributed by atoms with Crippen LogP contribution in [0, 0.1) is 0 Å². The van der Waals surface area contributed by atoms with E-state index in [1.54, 1.807) is 4.68 Å². The minimum atomic E-state index is -0.205. The summed E-state index contributed by atoms with van der Waals surface area (Å²) in [6.45, 7) is 0.571. The van der Waals surface area contributed by atoms with Crippen LogP contribution in [0.1, 0.15) is 17.0 Å². The molecular weight excluding hydrogens is 356 g/mol. The van der Waals surface area contributed by atoms with Crippen molar-refractivity contribution in [2.45, 2.75) is 5.92 Å². The first-order valence-corrected chi connectivity index (χ1v) is 9.86. The molecule has 1 heterocycles. The van der Waals surface area contributed by atoms with E-state index < -0.39 is 0 Å². The summed E-state index contributed by atoms with van der Waals surface area (Å²) in [6.07, 6.45) is 2.02. The Balaban J connectivity index is 1.53. The number of nitrogens with zero attached hydrogens (tertiary/aromatic N) is 2. The highest BCUT2D eigenvalue weighted by Crippen LogP contribution is 2.36. The molecule has 0 amide bonds. The molecule has 3 heteroatoms. The van der Waals surface area contributed by atoms with Gasteiger partial charge in [0.1, 0.15) is 0 Å². The molecule has 0 N–H and O–H groups in total. The highest BCUT2D eigenvalue weighted by atomic mass is 16.3. The van der Waals surface area contributed by atoms with E-state index in [0.29, 0.717) is 6.54 Å². The Labute approximate surface area is 168 Å². The minimum absolute atomic E-state index is 0.0791. The van der Waals surface area contributed by atoms with Gasteiger partial charge in [0.15, 0.2) is 6.54 Å². The smallest absolute Gasteiger partial charge is 0.204 e. The Morgan fingerprint density at radius 3 is 2.34 bits per heavy atom. The zero-order valence-corrected chi connectivity index (χ0v) is 15.7.